The number of nitro groups is 1. The van der Waals surface area contributed by atoms with Crippen LogP contribution in [0.1, 0.15) is 10.4 Å². The standard InChI is InChI=1S/C14H10N4O4/c15-8-2-3-10-11(6-8)17-13(16-10)7-1-4-12(18(21)22)9(5-7)14(19)20/h1-6H,15H2,(H,16,17)(H,19,20). The average molecular weight is 298 g/mol. The van der Waals surface area contributed by atoms with Crippen molar-refractivity contribution in [3.8, 4) is 11.4 Å². The topological polar surface area (TPSA) is 135 Å². The maximum Gasteiger partial charge on any atom is 0.342 e. The lowest BCUT2D eigenvalue weighted by Crippen LogP contribution is -2.03. The Morgan fingerprint density at radius 1 is 1.27 bits per heavy atom. The molecule has 0 amide bonds. The SMILES string of the molecule is Nc1ccc2nc(-c3ccc([N+](=O)[O-])c(C(=O)O)c3)[nH]c2c1. The zero-order valence-electron chi connectivity index (χ0n) is 11.1. The van der Waals surface area contributed by atoms with Gasteiger partial charge in [-0.2, -0.15) is 0 Å². The second kappa shape index (κ2) is 4.85. The van der Waals surface area contributed by atoms with E-state index < -0.39 is 16.6 Å². The molecule has 0 radical (unpaired) electrons. The lowest BCUT2D eigenvalue weighted by atomic mass is 10.1. The van der Waals surface area contributed by atoms with Crippen LogP contribution in [0.25, 0.3) is 22.4 Å². The number of nitrogens with zero attached hydrogens (tertiary/aromatic N) is 2. The Hall–Kier alpha value is -3.42. The molecule has 1 aromatic heterocycles. The van der Waals surface area contributed by atoms with Gasteiger partial charge in [-0.25, -0.2) is 9.78 Å². The normalized spacial score (nSPS) is 10.7. The minimum absolute atomic E-state index is 0.387. The number of carboxylic acid groups (broad SMARTS) is 1. The Morgan fingerprint density at radius 2 is 2.05 bits per heavy atom. The van der Waals surface area contributed by atoms with Crippen LogP contribution in [0.2, 0.25) is 0 Å². The molecule has 0 spiro atoms. The zero-order valence-corrected chi connectivity index (χ0v) is 11.1. The number of imidazole rings is 1. The van der Waals surface area contributed by atoms with Gasteiger partial charge in [-0.1, -0.05) is 0 Å². The summed E-state index contributed by atoms with van der Waals surface area (Å²) in [4.78, 5) is 28.6. The first-order valence-corrected chi connectivity index (χ1v) is 6.23. The smallest absolute Gasteiger partial charge is 0.342 e. The zero-order chi connectivity index (χ0) is 15.9. The molecule has 0 aliphatic carbocycles. The molecular formula is C14H10N4O4. The summed E-state index contributed by atoms with van der Waals surface area (Å²) in [6.07, 6.45) is 0. The van der Waals surface area contributed by atoms with E-state index in [1.54, 1.807) is 18.2 Å². The van der Waals surface area contributed by atoms with Crippen molar-refractivity contribution in [2.45, 2.75) is 0 Å². The van der Waals surface area contributed by atoms with E-state index in [1.165, 1.54) is 12.1 Å². The Bertz CT molecular complexity index is 916. The Kier molecular flexibility index (Phi) is 2.99. The molecule has 0 unspecified atom stereocenters. The minimum atomic E-state index is -1.37. The first-order valence-electron chi connectivity index (χ1n) is 6.23. The van der Waals surface area contributed by atoms with Crippen molar-refractivity contribution in [1.29, 1.82) is 0 Å². The molecule has 22 heavy (non-hydrogen) atoms. The van der Waals surface area contributed by atoms with E-state index in [9.17, 15) is 14.9 Å². The summed E-state index contributed by atoms with van der Waals surface area (Å²) in [6.45, 7) is 0. The number of aromatic nitrogens is 2. The third-order valence-electron chi connectivity index (χ3n) is 3.20. The van der Waals surface area contributed by atoms with E-state index >= 15 is 0 Å². The monoisotopic (exact) mass is 298 g/mol. The second-order valence-electron chi connectivity index (χ2n) is 4.66. The van der Waals surface area contributed by atoms with E-state index in [-0.39, 0.29) is 5.56 Å². The first kappa shape index (κ1) is 13.6. The highest BCUT2D eigenvalue weighted by Gasteiger charge is 2.21. The number of aromatic carboxylic acids is 1. The molecule has 3 rings (SSSR count). The summed E-state index contributed by atoms with van der Waals surface area (Å²) in [5.74, 6) is -0.952. The summed E-state index contributed by atoms with van der Waals surface area (Å²) in [7, 11) is 0. The lowest BCUT2D eigenvalue weighted by molar-refractivity contribution is -0.385. The number of nitrogen functional groups attached to an aromatic ring is 1. The van der Waals surface area contributed by atoms with Crippen molar-refractivity contribution in [1.82, 2.24) is 9.97 Å². The van der Waals surface area contributed by atoms with Crippen molar-refractivity contribution in [2.75, 3.05) is 5.73 Å². The molecule has 0 bridgehead atoms. The van der Waals surface area contributed by atoms with Gasteiger partial charge in [0.15, 0.2) is 0 Å². The van der Waals surface area contributed by atoms with E-state index in [0.29, 0.717) is 28.1 Å². The number of aromatic amines is 1. The summed E-state index contributed by atoms with van der Waals surface area (Å²) in [5.41, 5.74) is 7.22. The van der Waals surface area contributed by atoms with Gasteiger partial charge in [-0.05, 0) is 30.3 Å². The van der Waals surface area contributed by atoms with Crippen LogP contribution in [0.15, 0.2) is 36.4 Å². The molecule has 110 valence electrons. The van der Waals surface area contributed by atoms with Crippen molar-refractivity contribution >= 4 is 28.4 Å². The summed E-state index contributed by atoms with van der Waals surface area (Å²) in [6, 6.07) is 8.96. The highest BCUT2D eigenvalue weighted by molar-refractivity contribution is 5.94. The Labute approximate surface area is 123 Å². The number of nitrogens with one attached hydrogen (secondary N) is 1. The van der Waals surface area contributed by atoms with Gasteiger partial charge in [0.05, 0.1) is 16.0 Å². The molecule has 4 N–H and O–H groups in total. The van der Waals surface area contributed by atoms with Gasteiger partial charge >= 0.3 is 5.97 Å². The number of H-pyrrole nitrogens is 1. The number of nitro benzene ring substituents is 1. The highest BCUT2D eigenvalue weighted by atomic mass is 16.6. The van der Waals surface area contributed by atoms with Crippen LogP contribution < -0.4 is 5.73 Å². The summed E-state index contributed by atoms with van der Waals surface area (Å²) in [5, 5.41) is 20.0. The number of rotatable bonds is 3. The molecule has 3 aromatic rings. The molecule has 8 nitrogen and oxygen atoms in total. The number of hydrogen-bond donors (Lipinski definition) is 3. The average Bonchev–Trinajstić information content (AvgIpc) is 2.89. The maximum atomic E-state index is 11.2. The molecule has 0 saturated carbocycles. The molecule has 0 atom stereocenters. The number of benzene rings is 2. The van der Waals surface area contributed by atoms with Crippen molar-refractivity contribution in [3.05, 3.63) is 52.1 Å². The van der Waals surface area contributed by atoms with E-state index in [0.717, 1.165) is 6.07 Å². The van der Waals surface area contributed by atoms with Crippen LogP contribution in [0, 0.1) is 10.1 Å². The van der Waals surface area contributed by atoms with Gasteiger partial charge in [0.2, 0.25) is 0 Å². The molecule has 1 heterocycles. The van der Waals surface area contributed by atoms with Gasteiger partial charge in [0.1, 0.15) is 11.4 Å². The van der Waals surface area contributed by atoms with Crippen LogP contribution >= 0.6 is 0 Å². The first-order chi connectivity index (χ1) is 10.5. The summed E-state index contributed by atoms with van der Waals surface area (Å²) < 4.78 is 0. The number of anilines is 1. The molecule has 8 heteroatoms. The third-order valence-corrected chi connectivity index (χ3v) is 3.20. The van der Waals surface area contributed by atoms with Crippen LogP contribution in [-0.4, -0.2) is 26.0 Å². The van der Waals surface area contributed by atoms with Gasteiger partial charge in [-0.3, -0.25) is 10.1 Å². The summed E-state index contributed by atoms with van der Waals surface area (Å²) >= 11 is 0. The number of carboxylic acids is 1. The molecule has 0 aliphatic rings. The predicted octanol–water partition coefficient (Wildman–Crippen LogP) is 2.42. The quantitative estimate of drug-likeness (QED) is 0.386. The van der Waals surface area contributed by atoms with Crippen LogP contribution in [0.5, 0.6) is 0 Å². The Balaban J connectivity index is 2.16. The van der Waals surface area contributed by atoms with Gasteiger partial charge in [0.25, 0.3) is 5.69 Å². The fourth-order valence-corrected chi connectivity index (χ4v) is 2.18. The number of nitrogens with two attached hydrogens (primary N) is 1. The van der Waals surface area contributed by atoms with Crippen LogP contribution in [0.4, 0.5) is 11.4 Å². The minimum Gasteiger partial charge on any atom is -0.477 e. The molecule has 0 aliphatic heterocycles. The number of hydrogen-bond acceptors (Lipinski definition) is 5. The van der Waals surface area contributed by atoms with Crippen LogP contribution in [-0.2, 0) is 0 Å². The fourth-order valence-electron chi connectivity index (χ4n) is 2.18. The van der Waals surface area contributed by atoms with Crippen molar-refractivity contribution < 1.29 is 14.8 Å². The highest BCUT2D eigenvalue weighted by Crippen LogP contribution is 2.27. The second-order valence-corrected chi connectivity index (χ2v) is 4.66. The number of carbonyl (C=O) groups is 1. The van der Waals surface area contributed by atoms with E-state index in [2.05, 4.69) is 9.97 Å². The maximum absolute atomic E-state index is 11.2. The van der Waals surface area contributed by atoms with Crippen LogP contribution in [0.3, 0.4) is 0 Å². The van der Waals surface area contributed by atoms with Gasteiger partial charge in [0, 0.05) is 17.3 Å². The third kappa shape index (κ3) is 2.22. The Morgan fingerprint density at radius 3 is 2.73 bits per heavy atom. The van der Waals surface area contributed by atoms with E-state index in [4.69, 9.17) is 10.8 Å². The molecule has 0 fully saturated rings. The van der Waals surface area contributed by atoms with Crippen molar-refractivity contribution in [3.63, 3.8) is 0 Å². The number of fused-ring (bicyclic) bond motifs is 1. The lowest BCUT2D eigenvalue weighted by Gasteiger charge is -2.01. The molecule has 0 saturated heterocycles. The van der Waals surface area contributed by atoms with E-state index in [1.807, 2.05) is 0 Å². The predicted molar refractivity (Wildman–Crippen MR) is 79.6 cm³/mol. The molecule has 2 aromatic carbocycles. The molecular weight excluding hydrogens is 288 g/mol. The largest absolute Gasteiger partial charge is 0.477 e. The van der Waals surface area contributed by atoms with Gasteiger partial charge < -0.3 is 15.8 Å². The van der Waals surface area contributed by atoms with Crippen molar-refractivity contribution in [2.24, 2.45) is 0 Å². The fraction of sp³-hybridized carbons (Fsp3) is 0. The van der Waals surface area contributed by atoms with Gasteiger partial charge in [-0.15, -0.1) is 0 Å².